The molecular formula is C18H26N2O4. The van der Waals surface area contributed by atoms with Crippen LogP contribution in [0.15, 0.2) is 24.3 Å². The molecule has 2 rings (SSSR count). The molecule has 6 heteroatoms. The molecule has 0 radical (unpaired) electrons. The summed E-state index contributed by atoms with van der Waals surface area (Å²) >= 11 is 0. The Kier molecular flexibility index (Phi) is 7.06. The van der Waals surface area contributed by atoms with E-state index >= 15 is 0 Å². The molecule has 1 atom stereocenters. The van der Waals surface area contributed by atoms with Crippen LogP contribution in [0, 0.1) is 0 Å². The number of ether oxygens (including phenoxy) is 2. The second-order valence-electron chi connectivity index (χ2n) is 5.94. The standard InChI is InChI=1S/C18H26N2O4/c1-14(21)20(13-15-6-3-4-8-17(15)23-2)10-9-18(22)19-12-16-7-5-11-24-16/h3-4,6,8,16H,5,7,9-13H2,1-2H3,(H,19,22). The summed E-state index contributed by atoms with van der Waals surface area (Å²) in [5.74, 6) is 0.621. The second-order valence-corrected chi connectivity index (χ2v) is 5.94. The maximum atomic E-state index is 12.0. The SMILES string of the molecule is COc1ccccc1CN(CCC(=O)NCC1CCCO1)C(C)=O. The van der Waals surface area contributed by atoms with Crippen LogP contribution >= 0.6 is 0 Å². The van der Waals surface area contributed by atoms with Crippen LogP contribution in [-0.4, -0.2) is 49.6 Å². The topological polar surface area (TPSA) is 67.9 Å². The van der Waals surface area contributed by atoms with Crippen molar-refractivity contribution >= 4 is 11.8 Å². The van der Waals surface area contributed by atoms with E-state index in [0.29, 0.717) is 19.6 Å². The minimum absolute atomic E-state index is 0.0585. The van der Waals surface area contributed by atoms with Gasteiger partial charge in [0, 0.05) is 45.1 Å². The largest absolute Gasteiger partial charge is 0.496 e. The highest BCUT2D eigenvalue weighted by Gasteiger charge is 2.17. The molecule has 1 N–H and O–H groups in total. The number of carbonyl (C=O) groups is 2. The lowest BCUT2D eigenvalue weighted by Gasteiger charge is -2.22. The smallest absolute Gasteiger partial charge is 0.221 e. The normalized spacial score (nSPS) is 16.7. The van der Waals surface area contributed by atoms with Crippen molar-refractivity contribution in [2.24, 2.45) is 0 Å². The van der Waals surface area contributed by atoms with Crippen molar-refractivity contribution < 1.29 is 19.1 Å². The van der Waals surface area contributed by atoms with Crippen molar-refractivity contribution in [2.75, 3.05) is 26.8 Å². The number of para-hydroxylation sites is 1. The fourth-order valence-corrected chi connectivity index (χ4v) is 2.74. The van der Waals surface area contributed by atoms with Gasteiger partial charge in [-0.25, -0.2) is 0 Å². The van der Waals surface area contributed by atoms with Crippen molar-refractivity contribution in [1.82, 2.24) is 10.2 Å². The highest BCUT2D eigenvalue weighted by molar-refractivity contribution is 5.78. The van der Waals surface area contributed by atoms with Crippen LogP contribution in [0.2, 0.25) is 0 Å². The molecule has 0 aliphatic carbocycles. The van der Waals surface area contributed by atoms with E-state index in [0.717, 1.165) is 30.8 Å². The summed E-state index contributed by atoms with van der Waals surface area (Å²) in [6, 6.07) is 7.58. The molecule has 132 valence electrons. The molecule has 1 aliphatic rings. The van der Waals surface area contributed by atoms with Gasteiger partial charge in [0.1, 0.15) is 5.75 Å². The Hall–Kier alpha value is -2.08. The molecule has 1 aromatic carbocycles. The van der Waals surface area contributed by atoms with Gasteiger partial charge in [0.2, 0.25) is 11.8 Å². The lowest BCUT2D eigenvalue weighted by atomic mass is 10.2. The van der Waals surface area contributed by atoms with E-state index in [1.165, 1.54) is 6.92 Å². The minimum atomic E-state index is -0.0622. The predicted molar refractivity (Wildman–Crippen MR) is 90.7 cm³/mol. The first-order valence-corrected chi connectivity index (χ1v) is 8.36. The first kappa shape index (κ1) is 18.3. The second kappa shape index (κ2) is 9.27. The lowest BCUT2D eigenvalue weighted by molar-refractivity contribution is -0.130. The molecule has 1 unspecified atom stereocenters. The van der Waals surface area contributed by atoms with Crippen LogP contribution in [0.4, 0.5) is 0 Å². The van der Waals surface area contributed by atoms with Crippen molar-refractivity contribution in [3.8, 4) is 5.75 Å². The minimum Gasteiger partial charge on any atom is -0.496 e. The van der Waals surface area contributed by atoms with Gasteiger partial charge in [0.15, 0.2) is 0 Å². The zero-order valence-electron chi connectivity index (χ0n) is 14.4. The summed E-state index contributed by atoms with van der Waals surface area (Å²) in [7, 11) is 1.61. The third-order valence-electron chi connectivity index (χ3n) is 4.16. The Morgan fingerprint density at radius 3 is 2.83 bits per heavy atom. The quantitative estimate of drug-likeness (QED) is 0.786. The molecule has 24 heavy (non-hydrogen) atoms. The molecule has 0 bridgehead atoms. The molecule has 0 spiro atoms. The fraction of sp³-hybridized carbons (Fsp3) is 0.556. The Morgan fingerprint density at radius 1 is 1.38 bits per heavy atom. The number of hydrogen-bond donors (Lipinski definition) is 1. The number of amides is 2. The van der Waals surface area contributed by atoms with Crippen molar-refractivity contribution in [3.05, 3.63) is 29.8 Å². The molecule has 0 aromatic heterocycles. The van der Waals surface area contributed by atoms with E-state index in [1.54, 1.807) is 12.0 Å². The lowest BCUT2D eigenvalue weighted by Crippen LogP contribution is -2.36. The molecule has 1 heterocycles. The average Bonchev–Trinajstić information content (AvgIpc) is 3.10. The van der Waals surface area contributed by atoms with Gasteiger partial charge in [0.05, 0.1) is 13.2 Å². The number of hydrogen-bond acceptors (Lipinski definition) is 4. The molecule has 1 fully saturated rings. The number of methoxy groups -OCH3 is 1. The van der Waals surface area contributed by atoms with Crippen LogP contribution < -0.4 is 10.1 Å². The fourth-order valence-electron chi connectivity index (χ4n) is 2.74. The Labute approximate surface area is 143 Å². The Balaban J connectivity index is 1.82. The van der Waals surface area contributed by atoms with Crippen molar-refractivity contribution in [1.29, 1.82) is 0 Å². The predicted octanol–water partition coefficient (Wildman–Crippen LogP) is 1.73. The van der Waals surface area contributed by atoms with Gasteiger partial charge in [-0.15, -0.1) is 0 Å². The van der Waals surface area contributed by atoms with Crippen LogP contribution in [0.1, 0.15) is 31.7 Å². The molecular weight excluding hydrogens is 308 g/mol. The van der Waals surface area contributed by atoms with E-state index in [1.807, 2.05) is 24.3 Å². The Bertz CT molecular complexity index is 556. The zero-order valence-corrected chi connectivity index (χ0v) is 14.4. The van der Waals surface area contributed by atoms with Gasteiger partial charge in [-0.1, -0.05) is 18.2 Å². The third-order valence-corrected chi connectivity index (χ3v) is 4.16. The first-order valence-electron chi connectivity index (χ1n) is 8.36. The summed E-state index contributed by atoms with van der Waals surface area (Å²) in [6.07, 6.45) is 2.46. The monoisotopic (exact) mass is 334 g/mol. The number of carbonyl (C=O) groups excluding carboxylic acids is 2. The molecule has 6 nitrogen and oxygen atoms in total. The molecule has 1 saturated heterocycles. The summed E-state index contributed by atoms with van der Waals surface area (Å²) in [6.45, 7) is 3.64. The third kappa shape index (κ3) is 5.53. The Morgan fingerprint density at radius 2 is 2.17 bits per heavy atom. The van der Waals surface area contributed by atoms with E-state index < -0.39 is 0 Å². The molecule has 1 aromatic rings. The van der Waals surface area contributed by atoms with Crippen LogP contribution in [0.25, 0.3) is 0 Å². The highest BCUT2D eigenvalue weighted by Crippen LogP contribution is 2.19. The molecule has 1 aliphatic heterocycles. The summed E-state index contributed by atoms with van der Waals surface area (Å²) in [5.41, 5.74) is 0.926. The van der Waals surface area contributed by atoms with Gasteiger partial charge in [-0.2, -0.15) is 0 Å². The first-order chi connectivity index (χ1) is 11.6. The van der Waals surface area contributed by atoms with Crippen molar-refractivity contribution in [3.63, 3.8) is 0 Å². The van der Waals surface area contributed by atoms with Gasteiger partial charge in [0.25, 0.3) is 0 Å². The molecule has 2 amide bonds. The van der Waals surface area contributed by atoms with Crippen LogP contribution in [0.3, 0.4) is 0 Å². The maximum Gasteiger partial charge on any atom is 0.221 e. The van der Waals surface area contributed by atoms with E-state index in [9.17, 15) is 9.59 Å². The average molecular weight is 334 g/mol. The van der Waals surface area contributed by atoms with E-state index in [4.69, 9.17) is 9.47 Å². The molecule has 0 saturated carbocycles. The van der Waals surface area contributed by atoms with E-state index in [2.05, 4.69) is 5.32 Å². The van der Waals surface area contributed by atoms with Gasteiger partial charge < -0.3 is 19.7 Å². The van der Waals surface area contributed by atoms with Crippen LogP contribution in [-0.2, 0) is 20.9 Å². The van der Waals surface area contributed by atoms with Crippen molar-refractivity contribution in [2.45, 2.75) is 38.8 Å². The number of benzene rings is 1. The number of nitrogens with one attached hydrogen (secondary N) is 1. The zero-order chi connectivity index (χ0) is 17.4. The summed E-state index contributed by atoms with van der Waals surface area (Å²) in [4.78, 5) is 25.5. The number of rotatable bonds is 8. The van der Waals surface area contributed by atoms with Gasteiger partial charge in [-0.3, -0.25) is 9.59 Å². The maximum absolute atomic E-state index is 12.0. The van der Waals surface area contributed by atoms with Crippen LogP contribution in [0.5, 0.6) is 5.75 Å². The van der Waals surface area contributed by atoms with Gasteiger partial charge in [-0.05, 0) is 18.9 Å². The number of nitrogens with zero attached hydrogens (tertiary/aromatic N) is 1. The van der Waals surface area contributed by atoms with Gasteiger partial charge >= 0.3 is 0 Å². The highest BCUT2D eigenvalue weighted by atomic mass is 16.5. The summed E-state index contributed by atoms with van der Waals surface area (Å²) < 4.78 is 10.8. The van der Waals surface area contributed by atoms with E-state index in [-0.39, 0.29) is 24.3 Å². The summed E-state index contributed by atoms with van der Waals surface area (Å²) in [5, 5.41) is 2.88.